The Kier molecular flexibility index (Phi) is 4.97. The standard InChI is InChI=1S/C15H20N4O3S2.ClH/c1-10-5-6-12(23-10)24(20,21)19-9-2-4-11(19)13-17-14(18-22-13)15(16)7-3-8-15;/h5-6,11H,2-4,7-9,16H2,1H3;1H. The quantitative estimate of drug-likeness (QED) is 0.840. The molecule has 0 bridgehead atoms. The number of rotatable bonds is 4. The molecule has 1 saturated heterocycles. The molecule has 1 saturated carbocycles. The number of halogens is 1. The lowest BCUT2D eigenvalue weighted by molar-refractivity contribution is 0.227. The van der Waals surface area contributed by atoms with Crippen molar-refractivity contribution in [3.8, 4) is 0 Å². The average Bonchev–Trinajstić information content (AvgIpc) is 3.23. The van der Waals surface area contributed by atoms with Gasteiger partial charge in [0.1, 0.15) is 10.3 Å². The number of aromatic nitrogens is 2. The molecule has 1 aliphatic carbocycles. The van der Waals surface area contributed by atoms with Crippen LogP contribution < -0.4 is 5.73 Å². The van der Waals surface area contributed by atoms with E-state index in [1.165, 1.54) is 15.6 Å². The number of hydrogen-bond acceptors (Lipinski definition) is 7. The van der Waals surface area contributed by atoms with Crippen LogP contribution in [0.25, 0.3) is 0 Å². The van der Waals surface area contributed by atoms with Crippen molar-refractivity contribution in [2.75, 3.05) is 6.54 Å². The molecule has 1 aliphatic heterocycles. The Morgan fingerprint density at radius 1 is 1.36 bits per heavy atom. The minimum atomic E-state index is -3.54. The lowest BCUT2D eigenvalue weighted by Gasteiger charge is -2.34. The second-order valence-electron chi connectivity index (χ2n) is 6.60. The largest absolute Gasteiger partial charge is 0.337 e. The lowest BCUT2D eigenvalue weighted by Crippen LogP contribution is -2.44. The fraction of sp³-hybridized carbons (Fsp3) is 0.600. The second-order valence-corrected chi connectivity index (χ2v) is 10.0. The van der Waals surface area contributed by atoms with Crippen LogP contribution in [-0.2, 0) is 15.6 Å². The minimum Gasteiger partial charge on any atom is -0.337 e. The molecule has 25 heavy (non-hydrogen) atoms. The molecule has 2 N–H and O–H groups in total. The Hall–Kier alpha value is -1.00. The van der Waals surface area contributed by atoms with E-state index in [2.05, 4.69) is 10.1 Å². The minimum absolute atomic E-state index is 0. The zero-order valence-corrected chi connectivity index (χ0v) is 16.3. The van der Waals surface area contributed by atoms with E-state index in [9.17, 15) is 8.42 Å². The van der Waals surface area contributed by atoms with Crippen LogP contribution in [0.2, 0.25) is 0 Å². The van der Waals surface area contributed by atoms with Crippen LogP contribution in [0.5, 0.6) is 0 Å². The van der Waals surface area contributed by atoms with E-state index < -0.39 is 21.6 Å². The van der Waals surface area contributed by atoms with Crippen molar-refractivity contribution in [1.29, 1.82) is 0 Å². The van der Waals surface area contributed by atoms with E-state index >= 15 is 0 Å². The fourth-order valence-electron chi connectivity index (χ4n) is 3.30. The van der Waals surface area contributed by atoms with Crippen LogP contribution in [0.15, 0.2) is 20.9 Å². The first-order valence-electron chi connectivity index (χ1n) is 8.11. The van der Waals surface area contributed by atoms with Crippen molar-refractivity contribution in [1.82, 2.24) is 14.4 Å². The van der Waals surface area contributed by atoms with Gasteiger partial charge >= 0.3 is 0 Å². The summed E-state index contributed by atoms with van der Waals surface area (Å²) in [4.78, 5) is 5.41. The van der Waals surface area contributed by atoms with E-state index in [1.54, 1.807) is 6.07 Å². The van der Waals surface area contributed by atoms with E-state index in [4.69, 9.17) is 10.3 Å². The van der Waals surface area contributed by atoms with E-state index in [1.807, 2.05) is 13.0 Å². The Morgan fingerprint density at radius 3 is 2.72 bits per heavy atom. The Labute approximate surface area is 157 Å². The molecule has 0 aromatic carbocycles. The number of nitrogens with two attached hydrogens (primary N) is 1. The van der Waals surface area contributed by atoms with Gasteiger partial charge in [0.25, 0.3) is 10.0 Å². The van der Waals surface area contributed by atoms with Gasteiger partial charge in [0.15, 0.2) is 5.82 Å². The molecule has 2 fully saturated rings. The highest BCUT2D eigenvalue weighted by molar-refractivity contribution is 7.91. The number of hydrogen-bond donors (Lipinski definition) is 1. The smallest absolute Gasteiger partial charge is 0.253 e. The molecule has 3 heterocycles. The monoisotopic (exact) mass is 404 g/mol. The van der Waals surface area contributed by atoms with Gasteiger partial charge in [-0.25, -0.2) is 8.42 Å². The molecule has 4 rings (SSSR count). The van der Waals surface area contributed by atoms with E-state index in [-0.39, 0.29) is 12.4 Å². The normalized spacial score (nSPS) is 23.2. The molecule has 10 heteroatoms. The highest BCUT2D eigenvalue weighted by atomic mass is 35.5. The Morgan fingerprint density at radius 2 is 2.12 bits per heavy atom. The van der Waals surface area contributed by atoms with Gasteiger partial charge in [-0.1, -0.05) is 5.16 Å². The molecule has 0 spiro atoms. The van der Waals surface area contributed by atoms with Crippen molar-refractivity contribution in [2.45, 2.75) is 54.8 Å². The maximum atomic E-state index is 12.9. The fourth-order valence-corrected chi connectivity index (χ4v) is 6.36. The van der Waals surface area contributed by atoms with Gasteiger partial charge in [0, 0.05) is 11.4 Å². The SMILES string of the molecule is Cc1ccc(S(=O)(=O)N2CCCC2c2nc(C3(N)CCC3)no2)s1.Cl. The molecule has 2 aromatic heterocycles. The van der Waals surface area contributed by atoms with Gasteiger partial charge in [0.05, 0.1) is 5.54 Å². The third-order valence-electron chi connectivity index (χ3n) is 4.90. The van der Waals surface area contributed by atoms with Gasteiger partial charge in [0.2, 0.25) is 5.89 Å². The molecule has 138 valence electrons. The summed E-state index contributed by atoms with van der Waals surface area (Å²) in [5.74, 6) is 0.857. The Balaban J connectivity index is 0.00000182. The summed E-state index contributed by atoms with van der Waals surface area (Å²) in [5.41, 5.74) is 5.73. The van der Waals surface area contributed by atoms with Crippen molar-refractivity contribution in [3.63, 3.8) is 0 Å². The van der Waals surface area contributed by atoms with Gasteiger partial charge < -0.3 is 10.3 Å². The van der Waals surface area contributed by atoms with Crippen LogP contribution in [0.4, 0.5) is 0 Å². The predicted molar refractivity (Wildman–Crippen MR) is 96.2 cm³/mol. The highest BCUT2D eigenvalue weighted by Crippen LogP contribution is 2.40. The summed E-state index contributed by atoms with van der Waals surface area (Å²) in [5, 5.41) is 4.02. The molecular formula is C15H21ClN4O3S2. The zero-order chi connectivity index (χ0) is 16.9. The number of sulfonamides is 1. The molecule has 0 amide bonds. The van der Waals surface area contributed by atoms with Crippen molar-refractivity contribution < 1.29 is 12.9 Å². The summed E-state index contributed by atoms with van der Waals surface area (Å²) < 4.78 is 33.1. The summed E-state index contributed by atoms with van der Waals surface area (Å²) in [7, 11) is -3.54. The van der Waals surface area contributed by atoms with Gasteiger partial charge in [-0.05, 0) is 51.2 Å². The zero-order valence-electron chi connectivity index (χ0n) is 13.8. The third-order valence-corrected chi connectivity index (χ3v) is 8.28. The highest BCUT2D eigenvalue weighted by Gasteiger charge is 2.43. The molecule has 2 aliphatic rings. The van der Waals surface area contributed by atoms with Crippen LogP contribution in [-0.4, -0.2) is 29.4 Å². The summed E-state index contributed by atoms with van der Waals surface area (Å²) in [6.45, 7) is 2.37. The third kappa shape index (κ3) is 3.12. The van der Waals surface area contributed by atoms with Crippen molar-refractivity contribution >= 4 is 33.8 Å². The number of nitrogens with zero attached hydrogens (tertiary/aromatic N) is 3. The topological polar surface area (TPSA) is 102 Å². The summed E-state index contributed by atoms with van der Waals surface area (Å²) in [6, 6.07) is 3.08. The first kappa shape index (κ1) is 18.8. The molecule has 1 atom stereocenters. The first-order chi connectivity index (χ1) is 11.4. The van der Waals surface area contributed by atoms with Crippen LogP contribution in [0.1, 0.15) is 54.7 Å². The summed E-state index contributed by atoms with van der Waals surface area (Å²) in [6.07, 6.45) is 4.20. The van der Waals surface area contributed by atoms with Gasteiger partial charge in [-0.2, -0.15) is 9.29 Å². The van der Waals surface area contributed by atoms with Crippen LogP contribution in [0, 0.1) is 6.92 Å². The first-order valence-corrected chi connectivity index (χ1v) is 10.4. The van der Waals surface area contributed by atoms with Crippen LogP contribution in [0.3, 0.4) is 0 Å². The molecule has 2 aromatic rings. The number of thiophene rings is 1. The molecule has 0 radical (unpaired) electrons. The lowest BCUT2D eigenvalue weighted by atomic mass is 9.77. The Bertz CT molecular complexity index is 860. The predicted octanol–water partition coefficient (Wildman–Crippen LogP) is 2.73. The van der Waals surface area contributed by atoms with Crippen LogP contribution >= 0.6 is 23.7 Å². The van der Waals surface area contributed by atoms with E-state index in [0.29, 0.717) is 28.9 Å². The van der Waals surface area contributed by atoms with Gasteiger partial charge in [-0.3, -0.25) is 0 Å². The molecule has 7 nitrogen and oxygen atoms in total. The second kappa shape index (κ2) is 6.62. The van der Waals surface area contributed by atoms with Gasteiger partial charge in [-0.15, -0.1) is 23.7 Å². The average molecular weight is 405 g/mol. The number of aryl methyl sites for hydroxylation is 1. The van der Waals surface area contributed by atoms with E-state index in [0.717, 1.165) is 30.6 Å². The van der Waals surface area contributed by atoms with Crippen molar-refractivity contribution in [3.05, 3.63) is 28.7 Å². The van der Waals surface area contributed by atoms with Crippen molar-refractivity contribution in [2.24, 2.45) is 5.73 Å². The maximum absolute atomic E-state index is 12.9. The molecular weight excluding hydrogens is 384 g/mol. The maximum Gasteiger partial charge on any atom is 0.253 e. The molecule has 1 unspecified atom stereocenters. The summed E-state index contributed by atoms with van der Waals surface area (Å²) >= 11 is 1.28.